The van der Waals surface area contributed by atoms with Gasteiger partial charge in [-0.3, -0.25) is 9.48 Å². The third kappa shape index (κ3) is 3.15. The van der Waals surface area contributed by atoms with Crippen molar-refractivity contribution >= 4 is 18.3 Å². The molecule has 0 radical (unpaired) electrons. The van der Waals surface area contributed by atoms with E-state index >= 15 is 0 Å². The number of nitrogens with zero attached hydrogens (tertiary/aromatic N) is 3. The summed E-state index contributed by atoms with van der Waals surface area (Å²) in [7, 11) is 3.67. The van der Waals surface area contributed by atoms with Crippen LogP contribution in [-0.2, 0) is 24.8 Å². The second-order valence-corrected chi connectivity index (χ2v) is 5.45. The van der Waals surface area contributed by atoms with Gasteiger partial charge in [0.25, 0.3) is 0 Å². The zero-order valence-electron chi connectivity index (χ0n) is 12.8. The molecule has 1 atom stereocenters. The summed E-state index contributed by atoms with van der Waals surface area (Å²) >= 11 is 0. The van der Waals surface area contributed by atoms with E-state index < -0.39 is 0 Å². The zero-order valence-corrected chi connectivity index (χ0v) is 13.6. The van der Waals surface area contributed by atoms with E-state index in [0.717, 1.165) is 18.5 Å². The molecule has 6 heteroatoms. The Hall–Kier alpha value is -1.85. The fourth-order valence-corrected chi connectivity index (χ4v) is 2.89. The lowest BCUT2D eigenvalue weighted by molar-refractivity contribution is -0.134. The summed E-state index contributed by atoms with van der Waals surface area (Å²) < 4.78 is 1.72. The van der Waals surface area contributed by atoms with Crippen molar-refractivity contribution < 1.29 is 4.79 Å². The van der Waals surface area contributed by atoms with Crippen molar-refractivity contribution in [3.63, 3.8) is 0 Å². The molecule has 2 aromatic rings. The normalized spacial score (nSPS) is 14.9. The van der Waals surface area contributed by atoms with Crippen LogP contribution >= 0.6 is 12.4 Å². The van der Waals surface area contributed by atoms with Crippen LogP contribution in [0.25, 0.3) is 0 Å². The molecule has 1 aromatic carbocycles. The number of fused-ring (bicyclic) bond motifs is 1. The van der Waals surface area contributed by atoms with Crippen molar-refractivity contribution in [1.29, 1.82) is 0 Å². The molecule has 2 heterocycles. The number of rotatable bonds is 3. The van der Waals surface area contributed by atoms with E-state index in [-0.39, 0.29) is 24.4 Å². The maximum Gasteiger partial charge on any atom is 0.244 e. The molecule has 0 saturated carbocycles. The number of aromatic nitrogens is 2. The van der Waals surface area contributed by atoms with Gasteiger partial charge in [-0.2, -0.15) is 5.10 Å². The molecular formula is C16H21ClN4O. The van der Waals surface area contributed by atoms with Crippen LogP contribution in [0.15, 0.2) is 36.7 Å². The van der Waals surface area contributed by atoms with E-state index in [9.17, 15) is 4.79 Å². The first-order valence-corrected chi connectivity index (χ1v) is 7.20. The number of benzene rings is 1. The van der Waals surface area contributed by atoms with E-state index in [1.807, 2.05) is 31.3 Å². The number of carbonyl (C=O) groups is 1. The van der Waals surface area contributed by atoms with E-state index in [0.29, 0.717) is 6.54 Å². The minimum atomic E-state index is -0.330. The predicted molar refractivity (Wildman–Crippen MR) is 87.8 cm³/mol. The van der Waals surface area contributed by atoms with Gasteiger partial charge in [-0.05, 0) is 24.6 Å². The van der Waals surface area contributed by atoms with E-state index in [1.54, 1.807) is 10.9 Å². The van der Waals surface area contributed by atoms with Crippen LogP contribution in [0.1, 0.15) is 22.7 Å². The highest BCUT2D eigenvalue weighted by molar-refractivity contribution is 5.85. The molecule has 1 aliphatic heterocycles. The largest absolute Gasteiger partial charge is 0.336 e. The monoisotopic (exact) mass is 320 g/mol. The fraction of sp³-hybridized carbons (Fsp3) is 0.375. The number of amides is 1. The topological polar surface area (TPSA) is 50.2 Å². The molecule has 5 nitrogen and oxygen atoms in total. The highest BCUT2D eigenvalue weighted by Crippen LogP contribution is 2.22. The number of carbonyl (C=O) groups excluding carboxylic acids is 1. The quantitative estimate of drug-likeness (QED) is 0.936. The van der Waals surface area contributed by atoms with Gasteiger partial charge in [0.15, 0.2) is 0 Å². The first-order valence-electron chi connectivity index (χ1n) is 7.20. The van der Waals surface area contributed by atoms with Crippen LogP contribution in [0, 0.1) is 0 Å². The molecular weight excluding hydrogens is 300 g/mol. The number of hydrogen-bond donors (Lipinski definition) is 1. The van der Waals surface area contributed by atoms with E-state index in [1.165, 1.54) is 11.1 Å². The molecule has 0 aliphatic carbocycles. The van der Waals surface area contributed by atoms with Crippen molar-refractivity contribution in [3.05, 3.63) is 53.3 Å². The molecule has 1 unspecified atom stereocenters. The fourth-order valence-electron chi connectivity index (χ4n) is 2.89. The molecule has 1 amide bonds. The molecule has 0 spiro atoms. The van der Waals surface area contributed by atoms with Crippen LogP contribution in [0.5, 0.6) is 0 Å². The van der Waals surface area contributed by atoms with Crippen LogP contribution in [0.4, 0.5) is 0 Å². The first-order chi connectivity index (χ1) is 10.2. The van der Waals surface area contributed by atoms with Crippen LogP contribution in [0.2, 0.25) is 0 Å². The third-order valence-corrected chi connectivity index (χ3v) is 4.04. The van der Waals surface area contributed by atoms with Gasteiger partial charge in [0, 0.05) is 31.9 Å². The molecule has 1 aromatic heterocycles. The van der Waals surface area contributed by atoms with Gasteiger partial charge < -0.3 is 10.2 Å². The molecule has 0 fully saturated rings. The summed E-state index contributed by atoms with van der Waals surface area (Å²) in [6.07, 6.45) is 4.55. The Morgan fingerprint density at radius 3 is 2.68 bits per heavy atom. The van der Waals surface area contributed by atoms with Gasteiger partial charge in [-0.25, -0.2) is 0 Å². The molecule has 1 N–H and O–H groups in total. The lowest BCUT2D eigenvalue weighted by Gasteiger charge is -2.31. The molecule has 0 saturated heterocycles. The standard InChI is InChI=1S/C16H20N4O.ClH/c1-17-15(14-9-18-19(2)10-14)16(21)20-8-7-12-5-3-4-6-13(12)11-20;/h3-6,9-10,15,17H,7-8,11H2,1-2H3;1H. The molecule has 1 aliphatic rings. The van der Waals surface area contributed by atoms with E-state index in [4.69, 9.17) is 0 Å². The Kier molecular flexibility index (Phi) is 5.21. The Morgan fingerprint density at radius 2 is 2.05 bits per heavy atom. The second kappa shape index (κ2) is 6.94. The minimum Gasteiger partial charge on any atom is -0.336 e. The number of aryl methyl sites for hydroxylation is 1. The lowest BCUT2D eigenvalue weighted by Crippen LogP contribution is -2.42. The predicted octanol–water partition coefficient (Wildman–Crippen LogP) is 1.69. The molecule has 3 rings (SSSR count). The molecule has 118 valence electrons. The van der Waals surface area contributed by atoms with Gasteiger partial charge in [-0.1, -0.05) is 24.3 Å². The van der Waals surface area contributed by atoms with Crippen molar-refractivity contribution in [2.24, 2.45) is 7.05 Å². The van der Waals surface area contributed by atoms with Crippen molar-refractivity contribution in [2.75, 3.05) is 13.6 Å². The third-order valence-electron chi connectivity index (χ3n) is 4.04. The Morgan fingerprint density at radius 1 is 1.32 bits per heavy atom. The van der Waals surface area contributed by atoms with Crippen molar-refractivity contribution in [1.82, 2.24) is 20.0 Å². The van der Waals surface area contributed by atoms with Gasteiger partial charge >= 0.3 is 0 Å². The molecule has 22 heavy (non-hydrogen) atoms. The van der Waals surface area contributed by atoms with Crippen LogP contribution in [-0.4, -0.2) is 34.2 Å². The van der Waals surface area contributed by atoms with Gasteiger partial charge in [0.1, 0.15) is 6.04 Å². The first kappa shape index (κ1) is 16.5. The van der Waals surface area contributed by atoms with Gasteiger partial charge in [0.05, 0.1) is 6.20 Å². The summed E-state index contributed by atoms with van der Waals surface area (Å²) in [6, 6.07) is 8.01. The van der Waals surface area contributed by atoms with E-state index in [2.05, 4.69) is 28.6 Å². The Balaban J connectivity index is 0.00000176. The number of nitrogens with one attached hydrogen (secondary N) is 1. The SMILES string of the molecule is CNC(C(=O)N1CCc2ccccc2C1)c1cnn(C)c1.Cl. The smallest absolute Gasteiger partial charge is 0.244 e. The highest BCUT2D eigenvalue weighted by atomic mass is 35.5. The minimum absolute atomic E-state index is 0. The highest BCUT2D eigenvalue weighted by Gasteiger charge is 2.28. The second-order valence-electron chi connectivity index (χ2n) is 5.45. The average Bonchev–Trinajstić information content (AvgIpc) is 2.93. The number of hydrogen-bond acceptors (Lipinski definition) is 3. The van der Waals surface area contributed by atoms with Crippen LogP contribution < -0.4 is 5.32 Å². The summed E-state index contributed by atoms with van der Waals surface area (Å²) in [4.78, 5) is 14.7. The molecule has 0 bridgehead atoms. The zero-order chi connectivity index (χ0) is 14.8. The van der Waals surface area contributed by atoms with Gasteiger partial charge in [-0.15, -0.1) is 12.4 Å². The Labute approximate surface area is 136 Å². The number of halogens is 1. The maximum absolute atomic E-state index is 12.8. The van der Waals surface area contributed by atoms with Crippen molar-refractivity contribution in [2.45, 2.75) is 19.0 Å². The van der Waals surface area contributed by atoms with Crippen molar-refractivity contribution in [3.8, 4) is 0 Å². The number of likely N-dealkylation sites (N-methyl/N-ethyl adjacent to an activating group) is 1. The maximum atomic E-state index is 12.8. The Bertz CT molecular complexity index is 655. The summed E-state index contributed by atoms with van der Waals surface area (Å²) in [5, 5.41) is 7.26. The van der Waals surface area contributed by atoms with Gasteiger partial charge in [0.2, 0.25) is 5.91 Å². The summed E-state index contributed by atoms with van der Waals surface area (Å²) in [6.45, 7) is 1.46. The van der Waals surface area contributed by atoms with Crippen LogP contribution in [0.3, 0.4) is 0 Å². The summed E-state index contributed by atoms with van der Waals surface area (Å²) in [5.41, 5.74) is 3.51. The summed E-state index contributed by atoms with van der Waals surface area (Å²) in [5.74, 6) is 0.111. The lowest BCUT2D eigenvalue weighted by atomic mass is 9.99. The average molecular weight is 321 g/mol.